The van der Waals surface area contributed by atoms with Gasteiger partial charge in [-0.1, -0.05) is 0 Å². The van der Waals surface area contributed by atoms with Gasteiger partial charge in [-0.2, -0.15) is 4.21 Å². The maximum Gasteiger partial charge on any atom is 0.328 e. The van der Waals surface area contributed by atoms with Gasteiger partial charge in [-0.25, -0.2) is 19.2 Å². The Morgan fingerprint density at radius 3 is 1.45 bits per heavy atom. The molecule has 0 saturated carbocycles. The second kappa shape index (κ2) is 11.6. The number of nitrogens with zero attached hydrogens (tertiary/aromatic N) is 2. The SMILES string of the molecule is O=C(NCNC(=O)NC1C(=O)NC(=O)N1CO)NC1C(=O)NC(=O)N1CO.O=S(O)O. The molecule has 2 rings (SSSR count). The third-order valence-corrected chi connectivity index (χ3v) is 3.44. The number of nitrogens with one attached hydrogen (secondary N) is 6. The maximum absolute atomic E-state index is 11.7. The van der Waals surface area contributed by atoms with E-state index in [9.17, 15) is 28.8 Å². The number of hydrogen-bond acceptors (Lipinski definition) is 9. The molecule has 2 heterocycles. The lowest BCUT2D eigenvalue weighted by Gasteiger charge is -2.21. The molecule has 2 saturated heterocycles. The van der Waals surface area contributed by atoms with Crippen molar-refractivity contribution in [3.8, 4) is 0 Å². The number of rotatable bonds is 6. The quantitative estimate of drug-likeness (QED) is 0.0995. The zero-order chi connectivity index (χ0) is 23.7. The van der Waals surface area contributed by atoms with Crippen LogP contribution in [0.25, 0.3) is 0 Å². The summed E-state index contributed by atoms with van der Waals surface area (Å²) in [6, 6.07) is -3.67. The minimum absolute atomic E-state index is 0.458. The lowest BCUT2D eigenvalue weighted by molar-refractivity contribution is -0.123. The van der Waals surface area contributed by atoms with E-state index in [0.29, 0.717) is 9.80 Å². The van der Waals surface area contributed by atoms with Crippen LogP contribution in [0.15, 0.2) is 0 Å². The first-order valence-corrected chi connectivity index (χ1v) is 8.91. The van der Waals surface area contributed by atoms with Crippen LogP contribution in [-0.2, 0) is 21.0 Å². The fraction of sp³-hybridized carbons (Fsp3) is 0.455. The summed E-state index contributed by atoms with van der Waals surface area (Å²) in [6.07, 6.45) is -2.86. The Morgan fingerprint density at radius 2 is 1.16 bits per heavy atom. The van der Waals surface area contributed by atoms with E-state index >= 15 is 0 Å². The second-order valence-electron chi connectivity index (χ2n) is 5.32. The minimum atomic E-state index is -2.61. The standard InChI is InChI=1S/C11H16N8O8.H2O3S/c20-2-18-4(6(22)16-10(18)26)14-8(24)12-1-13-9(25)15-5-7(23)17-11(27)19(5)3-21;1-4(2)3/h4-5,20-21H,1-3H2,(H2,12,14,24)(H2,13,15,25)(H,16,22,26)(H,17,23,27);(H2,1,2,3). The van der Waals surface area contributed by atoms with Crippen LogP contribution in [0.5, 0.6) is 0 Å². The molecule has 20 heteroatoms. The van der Waals surface area contributed by atoms with Gasteiger partial charge in [0.2, 0.25) is 0 Å². The normalized spacial score (nSPS) is 20.0. The molecule has 174 valence electrons. The monoisotopic (exact) mass is 470 g/mol. The van der Waals surface area contributed by atoms with Gasteiger partial charge in [0.15, 0.2) is 12.3 Å². The third-order valence-electron chi connectivity index (χ3n) is 3.44. The number of urea groups is 4. The smallest absolute Gasteiger partial charge is 0.328 e. The molecule has 2 atom stereocenters. The molecule has 31 heavy (non-hydrogen) atoms. The second-order valence-corrected chi connectivity index (χ2v) is 5.79. The Labute approximate surface area is 174 Å². The van der Waals surface area contributed by atoms with Crippen molar-refractivity contribution in [1.29, 1.82) is 0 Å². The molecule has 10 amide bonds. The van der Waals surface area contributed by atoms with Crippen LogP contribution in [0.1, 0.15) is 0 Å². The molecule has 0 aromatic rings. The topological polar surface area (TPSA) is 279 Å². The van der Waals surface area contributed by atoms with E-state index in [2.05, 4.69) is 21.3 Å². The molecule has 0 spiro atoms. The first kappa shape index (κ1) is 25.4. The highest BCUT2D eigenvalue weighted by Crippen LogP contribution is 2.05. The van der Waals surface area contributed by atoms with Crippen molar-refractivity contribution < 1.29 is 52.3 Å². The van der Waals surface area contributed by atoms with E-state index in [1.807, 2.05) is 10.6 Å². The zero-order valence-electron chi connectivity index (χ0n) is 15.2. The summed E-state index contributed by atoms with van der Waals surface area (Å²) < 4.78 is 22.8. The average molecular weight is 470 g/mol. The predicted molar refractivity (Wildman–Crippen MR) is 94.1 cm³/mol. The van der Waals surface area contributed by atoms with E-state index in [1.54, 1.807) is 0 Å². The fourth-order valence-corrected chi connectivity index (χ4v) is 2.14. The summed E-state index contributed by atoms with van der Waals surface area (Å²) in [5.74, 6) is -1.70. The van der Waals surface area contributed by atoms with Crippen molar-refractivity contribution in [2.75, 3.05) is 20.1 Å². The number of aliphatic hydroxyl groups is 2. The molecule has 0 bridgehead atoms. The van der Waals surface area contributed by atoms with Gasteiger partial charge in [0.25, 0.3) is 23.2 Å². The van der Waals surface area contributed by atoms with E-state index < -0.39 is 79.8 Å². The number of hydrogen-bond donors (Lipinski definition) is 10. The van der Waals surface area contributed by atoms with Gasteiger partial charge in [-0.05, 0) is 0 Å². The van der Waals surface area contributed by atoms with Crippen molar-refractivity contribution in [2.24, 2.45) is 0 Å². The van der Waals surface area contributed by atoms with Gasteiger partial charge >= 0.3 is 24.1 Å². The van der Waals surface area contributed by atoms with Crippen LogP contribution in [0.2, 0.25) is 0 Å². The molecular weight excluding hydrogens is 452 g/mol. The molecule has 0 radical (unpaired) electrons. The summed E-state index contributed by atoms with van der Waals surface area (Å²) in [4.78, 5) is 70.2. The van der Waals surface area contributed by atoms with E-state index in [-0.39, 0.29) is 0 Å². The maximum atomic E-state index is 11.7. The Bertz CT molecular complexity index is 719. The Kier molecular flexibility index (Phi) is 9.49. The fourth-order valence-electron chi connectivity index (χ4n) is 2.14. The zero-order valence-corrected chi connectivity index (χ0v) is 16.0. The Morgan fingerprint density at radius 1 is 0.839 bits per heavy atom. The van der Waals surface area contributed by atoms with Crippen molar-refractivity contribution in [3.63, 3.8) is 0 Å². The van der Waals surface area contributed by atoms with E-state index in [4.69, 9.17) is 23.5 Å². The van der Waals surface area contributed by atoms with Crippen LogP contribution >= 0.6 is 0 Å². The lowest BCUT2D eigenvalue weighted by atomic mass is 10.4. The van der Waals surface area contributed by atoms with Crippen molar-refractivity contribution in [3.05, 3.63) is 0 Å². The summed E-state index contributed by atoms with van der Waals surface area (Å²) in [6.45, 7) is -2.08. The molecule has 2 aliphatic heterocycles. The highest BCUT2D eigenvalue weighted by atomic mass is 32.2. The molecule has 2 unspecified atom stereocenters. The van der Waals surface area contributed by atoms with Crippen molar-refractivity contribution in [1.82, 2.24) is 41.7 Å². The predicted octanol–water partition coefficient (Wildman–Crippen LogP) is -5.12. The van der Waals surface area contributed by atoms with Crippen molar-refractivity contribution >= 4 is 47.3 Å². The number of amides is 10. The number of carbonyl (C=O) groups excluding carboxylic acids is 6. The largest absolute Gasteiger partial charge is 0.376 e. The minimum Gasteiger partial charge on any atom is -0.376 e. The molecule has 2 aliphatic rings. The summed E-state index contributed by atoms with van der Waals surface area (Å²) in [5.41, 5.74) is 0. The molecule has 0 aromatic carbocycles. The first-order valence-electron chi connectivity index (χ1n) is 7.85. The molecule has 0 aliphatic carbocycles. The number of carbonyl (C=O) groups is 6. The molecule has 19 nitrogen and oxygen atoms in total. The lowest BCUT2D eigenvalue weighted by Crippen LogP contribution is -2.56. The number of imide groups is 2. The Hall–Kier alpha value is -3.59. The summed E-state index contributed by atoms with van der Waals surface area (Å²) in [7, 11) is 0. The van der Waals surface area contributed by atoms with Crippen LogP contribution in [0, 0.1) is 0 Å². The molecule has 0 aromatic heterocycles. The van der Waals surface area contributed by atoms with Crippen LogP contribution in [0.3, 0.4) is 0 Å². The van der Waals surface area contributed by atoms with Gasteiger partial charge in [-0.3, -0.25) is 39.1 Å². The highest BCUT2D eigenvalue weighted by Gasteiger charge is 2.40. The van der Waals surface area contributed by atoms with Crippen molar-refractivity contribution in [2.45, 2.75) is 12.3 Å². The van der Waals surface area contributed by atoms with Gasteiger partial charge in [-0.15, -0.1) is 0 Å². The van der Waals surface area contributed by atoms with E-state index in [0.717, 1.165) is 0 Å². The van der Waals surface area contributed by atoms with E-state index in [1.165, 1.54) is 0 Å². The summed E-state index contributed by atoms with van der Waals surface area (Å²) in [5, 5.41) is 30.2. The van der Waals surface area contributed by atoms with Gasteiger partial charge in [0.1, 0.15) is 13.5 Å². The van der Waals surface area contributed by atoms with Crippen LogP contribution in [0.4, 0.5) is 19.2 Å². The molecule has 2 fully saturated rings. The highest BCUT2D eigenvalue weighted by molar-refractivity contribution is 7.73. The average Bonchev–Trinajstić information content (AvgIpc) is 3.08. The van der Waals surface area contributed by atoms with Gasteiger partial charge < -0.3 is 31.5 Å². The van der Waals surface area contributed by atoms with Crippen LogP contribution < -0.4 is 31.9 Å². The van der Waals surface area contributed by atoms with Gasteiger partial charge in [0.05, 0.1) is 6.67 Å². The number of aliphatic hydroxyl groups excluding tert-OH is 2. The molecule has 10 N–H and O–H groups in total. The van der Waals surface area contributed by atoms with Gasteiger partial charge in [0, 0.05) is 0 Å². The first-order chi connectivity index (χ1) is 14.5. The Balaban J connectivity index is 0.00000110. The third kappa shape index (κ3) is 7.31. The summed E-state index contributed by atoms with van der Waals surface area (Å²) >= 11 is -2.61. The van der Waals surface area contributed by atoms with Crippen LogP contribution in [-0.4, -0.2) is 102 Å². The molecular formula is C11H18N8O11S.